The average molecular weight is 395 g/mol. The van der Waals surface area contributed by atoms with Crippen LogP contribution in [0.1, 0.15) is 42.4 Å². The van der Waals surface area contributed by atoms with Gasteiger partial charge in [0, 0.05) is 13.1 Å². The minimum atomic E-state index is 0.00956. The molecule has 29 heavy (non-hydrogen) atoms. The number of nitrogens with one attached hydrogen (secondary N) is 1. The van der Waals surface area contributed by atoms with Gasteiger partial charge in [-0.2, -0.15) is 0 Å². The van der Waals surface area contributed by atoms with Crippen molar-refractivity contribution in [1.82, 2.24) is 10.2 Å². The third-order valence-corrected chi connectivity index (χ3v) is 5.59. The molecule has 1 N–H and O–H groups in total. The first-order chi connectivity index (χ1) is 14.3. The van der Waals surface area contributed by atoms with Crippen molar-refractivity contribution in [3.63, 3.8) is 0 Å². The molecule has 1 fully saturated rings. The summed E-state index contributed by atoms with van der Waals surface area (Å²) >= 11 is 0. The maximum absolute atomic E-state index is 12.3. The molecule has 0 radical (unpaired) electrons. The van der Waals surface area contributed by atoms with Crippen LogP contribution in [0.5, 0.6) is 11.5 Å². The Hall–Kier alpha value is -2.53. The lowest BCUT2D eigenvalue weighted by Crippen LogP contribution is -2.25. The Balaban J connectivity index is 1.24. The van der Waals surface area contributed by atoms with Crippen LogP contribution in [0.15, 0.2) is 42.5 Å². The Bertz CT molecular complexity index is 811. The molecule has 2 heterocycles. The topological polar surface area (TPSA) is 50.8 Å². The van der Waals surface area contributed by atoms with E-state index in [-0.39, 0.29) is 5.91 Å². The maximum atomic E-state index is 12.3. The normalized spacial score (nSPS) is 16.8. The molecular weight excluding hydrogens is 364 g/mol. The van der Waals surface area contributed by atoms with Crippen molar-refractivity contribution in [3.05, 3.63) is 59.2 Å². The van der Waals surface area contributed by atoms with Crippen LogP contribution in [0.4, 0.5) is 0 Å². The zero-order chi connectivity index (χ0) is 19.9. The second kappa shape index (κ2) is 9.79. The van der Waals surface area contributed by atoms with Gasteiger partial charge in [-0.1, -0.05) is 43.2 Å². The highest BCUT2D eigenvalue weighted by molar-refractivity contribution is 5.78. The summed E-state index contributed by atoms with van der Waals surface area (Å²) in [5, 5.41) is 3.02. The molecule has 0 aliphatic carbocycles. The second-order valence-electron chi connectivity index (χ2n) is 7.94. The molecule has 2 aliphatic heterocycles. The summed E-state index contributed by atoms with van der Waals surface area (Å²) in [5.41, 5.74) is 3.40. The van der Waals surface area contributed by atoms with Gasteiger partial charge in [0.1, 0.15) is 13.2 Å². The van der Waals surface area contributed by atoms with E-state index in [4.69, 9.17) is 9.47 Å². The molecule has 2 aromatic carbocycles. The number of fused-ring (bicyclic) bond motifs is 1. The van der Waals surface area contributed by atoms with Crippen molar-refractivity contribution in [1.29, 1.82) is 0 Å². The molecular formula is C24H30N2O3. The van der Waals surface area contributed by atoms with E-state index in [2.05, 4.69) is 34.5 Å². The molecule has 2 aromatic rings. The molecule has 1 amide bonds. The van der Waals surface area contributed by atoms with Crippen molar-refractivity contribution in [2.75, 3.05) is 26.3 Å². The largest absolute Gasteiger partial charge is 0.486 e. The zero-order valence-corrected chi connectivity index (χ0v) is 17.0. The summed E-state index contributed by atoms with van der Waals surface area (Å²) in [7, 11) is 0. The van der Waals surface area contributed by atoms with Crippen molar-refractivity contribution < 1.29 is 14.3 Å². The number of hydrogen-bond donors (Lipinski definition) is 1. The summed E-state index contributed by atoms with van der Waals surface area (Å²) in [6.07, 6.45) is 5.69. The van der Waals surface area contributed by atoms with E-state index >= 15 is 0 Å². The highest BCUT2D eigenvalue weighted by Crippen LogP contribution is 2.30. The molecule has 0 unspecified atom stereocenters. The lowest BCUT2D eigenvalue weighted by Gasteiger charge is -2.19. The van der Waals surface area contributed by atoms with Crippen LogP contribution in [0.25, 0.3) is 0 Å². The summed E-state index contributed by atoms with van der Waals surface area (Å²) in [6, 6.07) is 14.3. The Kier molecular flexibility index (Phi) is 6.67. The van der Waals surface area contributed by atoms with Gasteiger partial charge in [0.15, 0.2) is 11.5 Å². The van der Waals surface area contributed by atoms with Crippen LogP contribution in [0, 0.1) is 0 Å². The summed E-state index contributed by atoms with van der Waals surface area (Å²) in [4.78, 5) is 14.9. The number of ether oxygens (including phenoxy) is 2. The third kappa shape index (κ3) is 5.73. The van der Waals surface area contributed by atoms with Gasteiger partial charge >= 0.3 is 0 Å². The third-order valence-electron chi connectivity index (χ3n) is 5.59. The van der Waals surface area contributed by atoms with Crippen molar-refractivity contribution in [2.45, 2.75) is 45.2 Å². The van der Waals surface area contributed by atoms with E-state index < -0.39 is 0 Å². The van der Waals surface area contributed by atoms with E-state index in [9.17, 15) is 4.79 Å². The van der Waals surface area contributed by atoms with Crippen LogP contribution in [-0.4, -0.2) is 37.1 Å². The van der Waals surface area contributed by atoms with Gasteiger partial charge in [0.2, 0.25) is 5.91 Å². The second-order valence-corrected chi connectivity index (χ2v) is 7.94. The lowest BCUT2D eigenvalue weighted by molar-refractivity contribution is -0.120. The first-order valence-corrected chi connectivity index (χ1v) is 10.7. The van der Waals surface area contributed by atoms with E-state index in [1.807, 2.05) is 18.2 Å². The number of nitrogens with zero attached hydrogens (tertiary/aromatic N) is 1. The molecule has 0 saturated carbocycles. The Morgan fingerprint density at radius 3 is 2.24 bits per heavy atom. The van der Waals surface area contributed by atoms with Crippen LogP contribution in [0.2, 0.25) is 0 Å². The van der Waals surface area contributed by atoms with Gasteiger partial charge < -0.3 is 14.8 Å². The van der Waals surface area contributed by atoms with Crippen molar-refractivity contribution in [3.8, 4) is 11.5 Å². The van der Waals surface area contributed by atoms with Gasteiger partial charge in [0.25, 0.3) is 0 Å². The Morgan fingerprint density at radius 2 is 1.48 bits per heavy atom. The quantitative estimate of drug-likeness (QED) is 0.812. The van der Waals surface area contributed by atoms with E-state index in [1.54, 1.807) is 0 Å². The predicted molar refractivity (Wildman–Crippen MR) is 113 cm³/mol. The van der Waals surface area contributed by atoms with E-state index in [0.717, 1.165) is 29.2 Å². The number of carbonyl (C=O) groups excluding carboxylic acids is 1. The zero-order valence-electron chi connectivity index (χ0n) is 17.0. The predicted octanol–water partition coefficient (Wildman–Crippen LogP) is 3.69. The molecule has 2 aliphatic rings. The van der Waals surface area contributed by atoms with Crippen LogP contribution < -0.4 is 14.8 Å². The Labute approximate surface area is 173 Å². The number of rotatable bonds is 6. The summed E-state index contributed by atoms with van der Waals surface area (Å²) in [5.74, 6) is 1.48. The minimum Gasteiger partial charge on any atom is -0.486 e. The molecule has 1 saturated heterocycles. The first-order valence-electron chi connectivity index (χ1n) is 10.7. The number of benzene rings is 2. The molecule has 5 nitrogen and oxygen atoms in total. The van der Waals surface area contributed by atoms with Crippen molar-refractivity contribution >= 4 is 5.91 Å². The minimum absolute atomic E-state index is 0.00956. The smallest absolute Gasteiger partial charge is 0.224 e. The monoisotopic (exact) mass is 394 g/mol. The van der Waals surface area contributed by atoms with Crippen LogP contribution >= 0.6 is 0 Å². The maximum Gasteiger partial charge on any atom is 0.224 e. The van der Waals surface area contributed by atoms with Gasteiger partial charge in [0.05, 0.1) is 6.42 Å². The highest BCUT2D eigenvalue weighted by Gasteiger charge is 2.13. The fraction of sp³-hybridized carbons (Fsp3) is 0.458. The number of carbonyl (C=O) groups is 1. The van der Waals surface area contributed by atoms with E-state index in [0.29, 0.717) is 26.2 Å². The standard InChI is InChI=1S/C24H30N2O3/c27-24(16-21-9-10-22-23(15-21)29-14-13-28-22)25-17-19-5-7-20(8-6-19)18-26-11-3-1-2-4-12-26/h5-10,15H,1-4,11-14,16-18H2,(H,25,27). The van der Waals surface area contributed by atoms with Gasteiger partial charge in [-0.15, -0.1) is 0 Å². The molecule has 5 heteroatoms. The SMILES string of the molecule is O=C(Cc1ccc2c(c1)OCCO2)NCc1ccc(CN2CCCCCC2)cc1. The molecule has 0 spiro atoms. The van der Waals surface area contributed by atoms with Crippen molar-refractivity contribution in [2.24, 2.45) is 0 Å². The fourth-order valence-corrected chi connectivity index (χ4v) is 3.96. The number of amides is 1. The molecule has 0 aromatic heterocycles. The molecule has 4 rings (SSSR count). The van der Waals surface area contributed by atoms with Crippen LogP contribution in [0.3, 0.4) is 0 Å². The van der Waals surface area contributed by atoms with Crippen LogP contribution in [-0.2, 0) is 24.3 Å². The molecule has 0 bridgehead atoms. The summed E-state index contributed by atoms with van der Waals surface area (Å²) < 4.78 is 11.1. The fourth-order valence-electron chi connectivity index (χ4n) is 3.96. The summed E-state index contributed by atoms with van der Waals surface area (Å²) in [6.45, 7) is 5.11. The van der Waals surface area contributed by atoms with Gasteiger partial charge in [-0.3, -0.25) is 9.69 Å². The first kappa shape index (κ1) is 19.8. The lowest BCUT2D eigenvalue weighted by atomic mass is 10.1. The molecule has 154 valence electrons. The Morgan fingerprint density at radius 1 is 0.828 bits per heavy atom. The average Bonchev–Trinajstić information content (AvgIpc) is 3.02. The van der Waals surface area contributed by atoms with Gasteiger partial charge in [-0.25, -0.2) is 0 Å². The number of likely N-dealkylation sites (tertiary alicyclic amines) is 1. The number of hydrogen-bond acceptors (Lipinski definition) is 4. The van der Waals surface area contributed by atoms with Gasteiger partial charge in [-0.05, 0) is 54.8 Å². The molecule has 0 atom stereocenters. The highest BCUT2D eigenvalue weighted by atomic mass is 16.6. The van der Waals surface area contributed by atoms with E-state index in [1.165, 1.54) is 44.3 Å².